The predicted octanol–water partition coefficient (Wildman–Crippen LogP) is 5.71. The second-order valence-corrected chi connectivity index (χ2v) is 10.2. The summed E-state index contributed by atoms with van der Waals surface area (Å²) >= 11 is 0. The van der Waals surface area contributed by atoms with Crippen molar-refractivity contribution in [2.45, 2.75) is 84.7 Å². The first-order chi connectivity index (χ1) is 12.5. The quantitative estimate of drug-likeness (QED) is 0.635. The summed E-state index contributed by atoms with van der Waals surface area (Å²) < 4.78 is 0. The zero-order chi connectivity index (χ0) is 20.3. The van der Waals surface area contributed by atoms with Gasteiger partial charge in [0.1, 0.15) is 0 Å². The Hall–Kier alpha value is -1.51. The number of allylic oxidation sites excluding steroid dienone is 3. The van der Waals surface area contributed by atoms with E-state index in [1.165, 1.54) is 11.4 Å². The first-order valence-electron chi connectivity index (χ1n) is 10.7. The topological polar surface area (TPSA) is 23.6 Å². The fourth-order valence-corrected chi connectivity index (χ4v) is 5.71. The van der Waals surface area contributed by atoms with Gasteiger partial charge in [-0.05, 0) is 65.7 Å². The molecule has 4 unspecified atom stereocenters. The van der Waals surface area contributed by atoms with Crippen LogP contribution in [0.25, 0.3) is 0 Å². The van der Waals surface area contributed by atoms with Crippen LogP contribution in [0.15, 0.2) is 36.8 Å². The van der Waals surface area contributed by atoms with Crippen molar-refractivity contribution >= 4 is 5.91 Å². The molecule has 0 spiro atoms. The van der Waals surface area contributed by atoms with E-state index in [1.54, 1.807) is 0 Å². The molecule has 0 N–H and O–H groups in total. The number of likely N-dealkylation sites (tertiary alicyclic amines) is 2. The standard InChI is InChI=1S/C24H38N2O/c1-10-24(9,11-2)25-15(3)18-12-19(16(25)4)14-21-20(13-18)17(5)26(22(21)27)23(6,7)8/h18-21H,3-5,10-14H2,1-2,6-9H3. The number of piperidine rings is 1. The predicted molar refractivity (Wildman–Crippen MR) is 113 cm³/mol. The van der Waals surface area contributed by atoms with Gasteiger partial charge >= 0.3 is 0 Å². The van der Waals surface area contributed by atoms with E-state index >= 15 is 0 Å². The minimum absolute atomic E-state index is 0.0470. The van der Waals surface area contributed by atoms with E-state index in [0.717, 1.165) is 37.8 Å². The SMILES string of the molecule is C=C1C2CC3CC(CC2C(=O)N1C(C)(C)C)C(=C)N(C(C)(CC)CC)C3=C. The summed E-state index contributed by atoms with van der Waals surface area (Å²) in [6, 6.07) is 0. The van der Waals surface area contributed by atoms with Gasteiger partial charge in [0.05, 0.1) is 0 Å². The molecule has 3 fully saturated rings. The molecule has 0 radical (unpaired) electrons. The highest BCUT2D eigenvalue weighted by Crippen LogP contribution is 2.54. The summed E-state index contributed by atoms with van der Waals surface area (Å²) in [5.41, 5.74) is 3.25. The van der Waals surface area contributed by atoms with Crippen LogP contribution < -0.4 is 0 Å². The highest BCUT2D eigenvalue weighted by Gasteiger charge is 2.53. The minimum Gasteiger partial charge on any atom is -0.344 e. The van der Waals surface area contributed by atoms with E-state index < -0.39 is 0 Å². The van der Waals surface area contributed by atoms with E-state index in [4.69, 9.17) is 0 Å². The number of hydrogen-bond donors (Lipinski definition) is 0. The van der Waals surface area contributed by atoms with Gasteiger partial charge in [0.2, 0.25) is 5.91 Å². The molecule has 2 bridgehead atoms. The van der Waals surface area contributed by atoms with Crippen LogP contribution in [-0.2, 0) is 4.79 Å². The number of carbonyl (C=O) groups excluding carboxylic acids is 1. The molecule has 0 aromatic heterocycles. The summed E-state index contributed by atoms with van der Waals surface area (Å²) in [5.74, 6) is 1.34. The smallest absolute Gasteiger partial charge is 0.231 e. The molecule has 1 aliphatic carbocycles. The maximum Gasteiger partial charge on any atom is 0.231 e. The van der Waals surface area contributed by atoms with E-state index in [1.807, 2.05) is 4.90 Å². The van der Waals surface area contributed by atoms with E-state index in [9.17, 15) is 4.79 Å². The van der Waals surface area contributed by atoms with Crippen molar-refractivity contribution in [3.63, 3.8) is 0 Å². The average molecular weight is 371 g/mol. The van der Waals surface area contributed by atoms with E-state index in [-0.39, 0.29) is 28.8 Å². The van der Waals surface area contributed by atoms with Gasteiger partial charge in [-0.1, -0.05) is 33.6 Å². The van der Waals surface area contributed by atoms with Gasteiger partial charge in [-0.2, -0.15) is 0 Å². The largest absolute Gasteiger partial charge is 0.344 e. The van der Waals surface area contributed by atoms with Gasteiger partial charge in [0, 0.05) is 45.9 Å². The van der Waals surface area contributed by atoms with Crippen LogP contribution in [0.4, 0.5) is 0 Å². The maximum absolute atomic E-state index is 13.3. The number of amides is 1. The molecule has 3 aliphatic rings. The van der Waals surface area contributed by atoms with Crippen molar-refractivity contribution in [2.75, 3.05) is 0 Å². The van der Waals surface area contributed by atoms with E-state index in [2.05, 4.69) is 66.2 Å². The Morgan fingerprint density at radius 1 is 0.815 bits per heavy atom. The monoisotopic (exact) mass is 370 g/mol. The second kappa shape index (κ2) is 6.53. The molecule has 3 nitrogen and oxygen atoms in total. The lowest BCUT2D eigenvalue weighted by Gasteiger charge is -2.51. The van der Waals surface area contributed by atoms with Gasteiger partial charge in [-0.25, -0.2) is 0 Å². The summed E-state index contributed by atoms with van der Waals surface area (Å²) in [6.45, 7) is 26.6. The average Bonchev–Trinajstić information content (AvgIpc) is 2.74. The molecule has 150 valence electrons. The molecule has 27 heavy (non-hydrogen) atoms. The Labute approximate surface area is 166 Å². The highest BCUT2D eigenvalue weighted by atomic mass is 16.2. The number of hydrogen-bond acceptors (Lipinski definition) is 2. The summed E-state index contributed by atoms with van der Waals surface area (Å²) in [7, 11) is 0. The van der Waals surface area contributed by atoms with Crippen molar-refractivity contribution in [1.29, 1.82) is 0 Å². The van der Waals surface area contributed by atoms with Crippen LogP contribution in [-0.4, -0.2) is 26.8 Å². The molecule has 0 aromatic rings. The Balaban J connectivity index is 1.97. The van der Waals surface area contributed by atoms with Gasteiger partial charge in [-0.3, -0.25) is 4.79 Å². The fourth-order valence-electron chi connectivity index (χ4n) is 5.71. The highest BCUT2D eigenvalue weighted by molar-refractivity contribution is 5.85. The van der Waals surface area contributed by atoms with Crippen molar-refractivity contribution in [3.8, 4) is 0 Å². The van der Waals surface area contributed by atoms with Gasteiger partial charge < -0.3 is 9.80 Å². The fraction of sp³-hybridized carbons (Fsp3) is 0.708. The molecule has 1 saturated carbocycles. The minimum atomic E-state index is -0.210. The lowest BCUT2D eigenvalue weighted by atomic mass is 9.78. The molecular weight excluding hydrogens is 332 g/mol. The molecule has 3 rings (SSSR count). The normalized spacial score (nSPS) is 32.1. The molecule has 0 aromatic carbocycles. The third-order valence-corrected chi connectivity index (χ3v) is 7.64. The van der Waals surface area contributed by atoms with Crippen LogP contribution in [0, 0.1) is 23.7 Å². The lowest BCUT2D eigenvalue weighted by molar-refractivity contribution is -0.134. The molecule has 2 aliphatic heterocycles. The number of rotatable bonds is 3. The van der Waals surface area contributed by atoms with Crippen LogP contribution >= 0.6 is 0 Å². The first kappa shape index (κ1) is 20.2. The summed E-state index contributed by atoms with van der Waals surface area (Å²) in [6.07, 6.45) is 5.11. The molecule has 3 heteroatoms. The second-order valence-electron chi connectivity index (χ2n) is 10.2. The van der Waals surface area contributed by atoms with Crippen molar-refractivity contribution in [3.05, 3.63) is 36.8 Å². The molecular formula is C24H38N2O. The zero-order valence-electron chi connectivity index (χ0n) is 18.3. The Kier molecular flexibility index (Phi) is 4.89. The number of fused-ring (bicyclic) bond motifs is 3. The Morgan fingerprint density at radius 3 is 1.74 bits per heavy atom. The molecule has 1 amide bonds. The number of carbonyl (C=O) groups is 1. The van der Waals surface area contributed by atoms with Crippen LogP contribution in [0.5, 0.6) is 0 Å². The third-order valence-electron chi connectivity index (χ3n) is 7.64. The van der Waals surface area contributed by atoms with Gasteiger partial charge in [0.25, 0.3) is 0 Å². The lowest BCUT2D eigenvalue weighted by Crippen LogP contribution is -2.49. The van der Waals surface area contributed by atoms with Crippen LogP contribution in [0.1, 0.15) is 73.6 Å². The van der Waals surface area contributed by atoms with E-state index in [0.29, 0.717) is 11.8 Å². The van der Waals surface area contributed by atoms with Crippen molar-refractivity contribution in [2.24, 2.45) is 23.7 Å². The van der Waals surface area contributed by atoms with Crippen molar-refractivity contribution < 1.29 is 4.79 Å². The summed E-state index contributed by atoms with van der Waals surface area (Å²) in [5, 5.41) is 0. The van der Waals surface area contributed by atoms with Crippen LogP contribution in [0.2, 0.25) is 0 Å². The Morgan fingerprint density at radius 2 is 1.30 bits per heavy atom. The van der Waals surface area contributed by atoms with Crippen LogP contribution in [0.3, 0.4) is 0 Å². The van der Waals surface area contributed by atoms with Gasteiger partial charge in [-0.15, -0.1) is 0 Å². The van der Waals surface area contributed by atoms with Crippen molar-refractivity contribution in [1.82, 2.24) is 9.80 Å². The number of nitrogens with zero attached hydrogens (tertiary/aromatic N) is 2. The summed E-state index contributed by atoms with van der Waals surface area (Å²) in [4.78, 5) is 17.7. The third kappa shape index (κ3) is 2.98. The molecule has 2 saturated heterocycles. The zero-order valence-corrected chi connectivity index (χ0v) is 18.3. The van der Waals surface area contributed by atoms with Gasteiger partial charge in [0.15, 0.2) is 0 Å². The maximum atomic E-state index is 13.3. The Bertz CT molecular complexity index is 637. The molecule has 4 atom stereocenters. The molecule has 2 heterocycles. The first-order valence-corrected chi connectivity index (χ1v) is 10.7.